The zero-order chi connectivity index (χ0) is 15.0. The second-order valence-electron chi connectivity index (χ2n) is 5.37. The van der Waals surface area contributed by atoms with Gasteiger partial charge in [-0.05, 0) is 55.5 Å². The number of hydrogen-bond donors (Lipinski definition) is 3. The number of aromatic amines is 3. The fourth-order valence-corrected chi connectivity index (χ4v) is 2.53. The highest BCUT2D eigenvalue weighted by molar-refractivity contribution is 7.72. The molecule has 0 aromatic carbocycles. The van der Waals surface area contributed by atoms with Gasteiger partial charge in [-0.25, -0.2) is 0 Å². The number of nitrogens with one attached hydrogen (secondary N) is 3. The lowest BCUT2D eigenvalue weighted by Crippen LogP contribution is -2.27. The lowest BCUT2D eigenvalue weighted by molar-refractivity contribution is 0.265. The van der Waals surface area contributed by atoms with Gasteiger partial charge in [0.05, 0.1) is 0 Å². The summed E-state index contributed by atoms with van der Waals surface area (Å²) < 4.78 is 1.34. The molecule has 3 N–H and O–H groups in total. The van der Waals surface area contributed by atoms with E-state index >= 15 is 0 Å². The molecule has 0 aliphatic carbocycles. The largest absolute Gasteiger partial charge is 0.309 e. The predicted octanol–water partition coefficient (Wildman–Crippen LogP) is 4.09. The molecule has 0 aliphatic rings. The first-order chi connectivity index (χ1) is 8.70. The van der Waals surface area contributed by atoms with Crippen molar-refractivity contribution in [3.63, 3.8) is 0 Å². The summed E-state index contributed by atoms with van der Waals surface area (Å²) in [6.45, 7) is 11.5. The molecule has 1 aromatic heterocycles. The van der Waals surface area contributed by atoms with Crippen LogP contribution in [-0.4, -0.2) is 40.0 Å². The van der Waals surface area contributed by atoms with Crippen LogP contribution in [0.4, 0.5) is 0 Å². The molecular weight excluding hydrogens is 296 g/mol. The normalized spacial score (nSPS) is 10.7. The van der Waals surface area contributed by atoms with Gasteiger partial charge in [0.2, 0.25) is 0 Å². The first-order valence-electron chi connectivity index (χ1n) is 6.32. The predicted molar refractivity (Wildman–Crippen MR) is 89.2 cm³/mol. The molecule has 0 bridgehead atoms. The van der Waals surface area contributed by atoms with E-state index in [0.29, 0.717) is 14.3 Å². The van der Waals surface area contributed by atoms with E-state index in [1.807, 2.05) is 0 Å². The number of hydrogen-bond acceptors (Lipinski definition) is 4. The lowest BCUT2D eigenvalue weighted by atomic mass is 10.1. The maximum atomic E-state index is 4.72. The molecule has 0 spiro atoms. The Bertz CT molecular complexity index is 424. The average Bonchev–Trinajstić information content (AvgIpc) is 2.12. The molecule has 19 heavy (non-hydrogen) atoms. The maximum Gasteiger partial charge on any atom is 0.178 e. The second kappa shape index (κ2) is 9.52. The lowest BCUT2D eigenvalue weighted by Gasteiger charge is -2.20. The molecule has 0 radical (unpaired) electrons. The smallest absolute Gasteiger partial charge is 0.178 e. The van der Waals surface area contributed by atoms with Gasteiger partial charge >= 0.3 is 0 Å². The van der Waals surface area contributed by atoms with E-state index < -0.39 is 0 Å². The van der Waals surface area contributed by atoms with Gasteiger partial charge < -0.3 is 19.9 Å². The van der Waals surface area contributed by atoms with Crippen LogP contribution in [0.25, 0.3) is 0 Å². The van der Waals surface area contributed by atoms with Crippen molar-refractivity contribution >= 4 is 36.7 Å². The third kappa shape index (κ3) is 11.2. The molecule has 0 saturated heterocycles. The molecule has 110 valence electrons. The Morgan fingerprint density at radius 3 is 1.26 bits per heavy atom. The van der Waals surface area contributed by atoms with Crippen LogP contribution in [0.2, 0.25) is 0 Å². The minimum atomic E-state index is 0.448. The summed E-state index contributed by atoms with van der Waals surface area (Å²) in [5.41, 5.74) is 0. The summed E-state index contributed by atoms with van der Waals surface area (Å²) >= 11 is 14.2. The Labute approximate surface area is 130 Å². The van der Waals surface area contributed by atoms with E-state index in [2.05, 4.69) is 54.6 Å². The Balaban J connectivity index is 0.000000342. The van der Waals surface area contributed by atoms with Crippen LogP contribution < -0.4 is 0 Å². The van der Waals surface area contributed by atoms with Gasteiger partial charge in [-0.1, -0.05) is 27.7 Å². The summed E-state index contributed by atoms with van der Waals surface area (Å²) in [6, 6.07) is 0. The monoisotopic (exact) mass is 320 g/mol. The molecule has 4 nitrogen and oxygen atoms in total. The van der Waals surface area contributed by atoms with E-state index in [4.69, 9.17) is 36.7 Å². The van der Waals surface area contributed by atoms with Crippen LogP contribution in [0.1, 0.15) is 27.7 Å². The Kier molecular flexibility index (Phi) is 9.34. The highest BCUT2D eigenvalue weighted by atomic mass is 32.1. The van der Waals surface area contributed by atoms with Gasteiger partial charge in [0.25, 0.3) is 0 Å². The van der Waals surface area contributed by atoms with Gasteiger partial charge in [-0.3, -0.25) is 0 Å². The highest BCUT2D eigenvalue weighted by Gasteiger charge is 2.02. The third-order valence-corrected chi connectivity index (χ3v) is 2.65. The molecule has 1 heterocycles. The van der Waals surface area contributed by atoms with E-state index in [-0.39, 0.29) is 0 Å². The summed E-state index contributed by atoms with van der Waals surface area (Å²) in [6.07, 6.45) is 0. The van der Waals surface area contributed by atoms with E-state index in [9.17, 15) is 0 Å². The molecule has 1 rings (SSSR count). The van der Waals surface area contributed by atoms with Crippen LogP contribution >= 0.6 is 36.7 Å². The van der Waals surface area contributed by atoms with Crippen LogP contribution in [0, 0.1) is 26.1 Å². The second-order valence-corrected chi connectivity index (χ2v) is 6.60. The molecule has 0 unspecified atom stereocenters. The van der Waals surface area contributed by atoms with Crippen LogP contribution in [0.15, 0.2) is 0 Å². The van der Waals surface area contributed by atoms with Crippen molar-refractivity contribution in [1.82, 2.24) is 19.9 Å². The van der Waals surface area contributed by atoms with Crippen LogP contribution in [0.3, 0.4) is 0 Å². The van der Waals surface area contributed by atoms with Gasteiger partial charge in [0.1, 0.15) is 0 Å². The molecule has 0 atom stereocenters. The average molecular weight is 321 g/mol. The number of H-pyrrole nitrogens is 3. The Morgan fingerprint density at radius 1 is 0.789 bits per heavy atom. The maximum absolute atomic E-state index is 4.72. The molecule has 1 aromatic rings. The van der Waals surface area contributed by atoms with Gasteiger partial charge in [-0.2, -0.15) is 0 Å². The van der Waals surface area contributed by atoms with Crippen LogP contribution in [-0.2, 0) is 0 Å². The van der Waals surface area contributed by atoms with E-state index in [1.54, 1.807) is 0 Å². The quantitative estimate of drug-likeness (QED) is 0.731. The highest BCUT2D eigenvalue weighted by Crippen LogP contribution is 1.99. The summed E-state index contributed by atoms with van der Waals surface area (Å²) in [5.74, 6) is 1.59. The van der Waals surface area contributed by atoms with Gasteiger partial charge in [0.15, 0.2) is 14.3 Å². The van der Waals surface area contributed by atoms with Crippen molar-refractivity contribution in [2.75, 3.05) is 20.1 Å². The molecule has 0 amide bonds. The number of nitrogens with zero attached hydrogens (tertiary/aromatic N) is 1. The first-order valence-corrected chi connectivity index (χ1v) is 7.54. The summed E-state index contributed by atoms with van der Waals surface area (Å²) in [5, 5.41) is 0. The van der Waals surface area contributed by atoms with E-state index in [0.717, 1.165) is 11.8 Å². The van der Waals surface area contributed by atoms with E-state index in [1.165, 1.54) is 13.1 Å². The molecule has 7 heteroatoms. The molecule has 0 saturated carbocycles. The minimum Gasteiger partial charge on any atom is -0.309 e. The minimum absolute atomic E-state index is 0.448. The standard InChI is InChI=1S/C9H21N.C3H3N3S3/c1-8(2)6-10(5)7-9(3)4;7-1-4-2(8)6-3(9)5-1/h8-9H,6-7H2,1-5H3;(H3,4,5,6,7,8,9). The van der Waals surface area contributed by atoms with Gasteiger partial charge in [-0.15, -0.1) is 0 Å². The first kappa shape index (κ1) is 18.6. The Morgan fingerprint density at radius 2 is 1.05 bits per heavy atom. The van der Waals surface area contributed by atoms with Crippen LogP contribution in [0.5, 0.6) is 0 Å². The molecular formula is C12H24N4S3. The van der Waals surface area contributed by atoms with Crippen molar-refractivity contribution in [3.05, 3.63) is 14.3 Å². The van der Waals surface area contributed by atoms with Gasteiger partial charge in [0, 0.05) is 13.1 Å². The molecule has 0 aliphatic heterocycles. The number of aromatic nitrogens is 3. The van der Waals surface area contributed by atoms with Crippen molar-refractivity contribution in [2.45, 2.75) is 27.7 Å². The summed E-state index contributed by atoms with van der Waals surface area (Å²) in [7, 11) is 2.19. The summed E-state index contributed by atoms with van der Waals surface area (Å²) in [4.78, 5) is 10.4. The van der Waals surface area contributed by atoms with Crippen molar-refractivity contribution in [3.8, 4) is 0 Å². The van der Waals surface area contributed by atoms with Crippen molar-refractivity contribution in [2.24, 2.45) is 11.8 Å². The van der Waals surface area contributed by atoms with Crippen molar-refractivity contribution in [1.29, 1.82) is 0 Å². The van der Waals surface area contributed by atoms with Crippen molar-refractivity contribution < 1.29 is 0 Å². The Hall–Kier alpha value is -0.370. The zero-order valence-electron chi connectivity index (χ0n) is 12.2. The SMILES string of the molecule is CC(C)CN(C)CC(C)C.S=c1[nH]c(=S)[nH]c(=S)[nH]1. The number of rotatable bonds is 4. The topological polar surface area (TPSA) is 50.6 Å². The third-order valence-electron chi connectivity index (χ3n) is 2.03. The molecule has 0 fully saturated rings. The fraction of sp³-hybridized carbons (Fsp3) is 0.750. The fourth-order valence-electron chi connectivity index (χ4n) is 1.72. The zero-order valence-corrected chi connectivity index (χ0v) is 14.7.